The highest BCUT2D eigenvalue weighted by Gasteiger charge is 2.21. The van der Waals surface area contributed by atoms with Crippen LogP contribution in [0, 0.1) is 12.8 Å². The maximum Gasteiger partial charge on any atom is 0.310 e. The molecule has 0 radical (unpaired) electrons. The number of carbonyl (C=O) groups is 1. The zero-order chi connectivity index (χ0) is 15.7. The van der Waals surface area contributed by atoms with Crippen LogP contribution in [-0.4, -0.2) is 11.1 Å². The smallest absolute Gasteiger partial charge is 0.310 e. The highest BCUT2D eigenvalue weighted by molar-refractivity contribution is 5.76. The zero-order valence-corrected chi connectivity index (χ0v) is 9.82. The molecule has 0 aliphatic rings. The highest BCUT2D eigenvalue weighted by atomic mass is 16.4. The number of aliphatic carboxylic acids is 1. The maximum atomic E-state index is 11.6. The van der Waals surface area contributed by atoms with Gasteiger partial charge in [-0.05, 0) is 36.7 Å². The number of hydrogen-bond donors (Lipinski definition) is 1. The van der Waals surface area contributed by atoms with Gasteiger partial charge in [0, 0.05) is 5.48 Å². The van der Waals surface area contributed by atoms with Gasteiger partial charge in [-0.1, -0.05) is 38.1 Å². The lowest BCUT2D eigenvalue weighted by molar-refractivity contribution is -0.139. The molecule has 0 aromatic heterocycles. The summed E-state index contributed by atoms with van der Waals surface area (Å²) in [5.74, 6) is -3.53. The third-order valence-electron chi connectivity index (χ3n) is 2.26. The van der Waals surface area contributed by atoms with Crippen LogP contribution in [0.2, 0.25) is 0 Å². The van der Waals surface area contributed by atoms with Crippen LogP contribution in [0.1, 0.15) is 49.1 Å². The summed E-state index contributed by atoms with van der Waals surface area (Å²) in [6, 6.07) is 6.62. The van der Waals surface area contributed by atoms with Crippen LogP contribution < -0.4 is 0 Å². The fourth-order valence-electron chi connectivity index (χ4n) is 1.43. The standard InChI is InChI=1S/C14H20O2/c1-10(2)8-9-13(14(15)16)12-7-5-4-6-11(12)3/h4-7,10,13H,8-9H2,1-3H3,(H,15,16)/i8D2,9D2. The summed E-state index contributed by atoms with van der Waals surface area (Å²) in [5.41, 5.74) is 0.956. The van der Waals surface area contributed by atoms with Crippen molar-refractivity contribution >= 4 is 5.97 Å². The second kappa shape index (κ2) is 5.69. The molecule has 1 N–H and O–H groups in total. The minimum absolute atomic E-state index is 0.314. The molecule has 0 saturated heterocycles. The van der Waals surface area contributed by atoms with Crippen LogP contribution in [-0.2, 0) is 4.79 Å². The fourth-order valence-corrected chi connectivity index (χ4v) is 1.43. The zero-order valence-electron chi connectivity index (χ0n) is 13.8. The van der Waals surface area contributed by atoms with Crippen molar-refractivity contribution in [2.24, 2.45) is 5.92 Å². The van der Waals surface area contributed by atoms with Gasteiger partial charge in [0.1, 0.15) is 0 Å². The Morgan fingerprint density at radius 3 is 2.50 bits per heavy atom. The van der Waals surface area contributed by atoms with E-state index in [0.717, 1.165) is 0 Å². The van der Waals surface area contributed by atoms with E-state index < -0.39 is 30.6 Å². The molecule has 0 amide bonds. The minimum Gasteiger partial charge on any atom is -0.481 e. The molecule has 0 bridgehead atoms. The highest BCUT2D eigenvalue weighted by Crippen LogP contribution is 2.26. The molecule has 0 saturated carbocycles. The molecule has 0 aliphatic heterocycles. The SMILES string of the molecule is [2H]C([2H])(C(C)C)C([2H])([2H])C(C(=O)O)c1ccccc1C. The summed E-state index contributed by atoms with van der Waals surface area (Å²) in [7, 11) is 0. The van der Waals surface area contributed by atoms with Gasteiger partial charge in [-0.2, -0.15) is 0 Å². The number of carboxylic acid groups (broad SMARTS) is 1. The van der Waals surface area contributed by atoms with E-state index >= 15 is 0 Å². The van der Waals surface area contributed by atoms with Gasteiger partial charge in [-0.3, -0.25) is 4.79 Å². The molecule has 0 heterocycles. The van der Waals surface area contributed by atoms with Crippen molar-refractivity contribution < 1.29 is 15.4 Å². The normalized spacial score (nSPS) is 18.2. The van der Waals surface area contributed by atoms with Gasteiger partial charge < -0.3 is 5.11 Å². The van der Waals surface area contributed by atoms with Gasteiger partial charge in [-0.25, -0.2) is 0 Å². The van der Waals surface area contributed by atoms with Crippen molar-refractivity contribution in [1.29, 1.82) is 0 Å². The lowest BCUT2D eigenvalue weighted by Crippen LogP contribution is -2.13. The Kier molecular flexibility index (Phi) is 2.80. The molecule has 1 aromatic carbocycles. The number of aryl methyl sites for hydroxylation is 1. The molecule has 1 unspecified atom stereocenters. The number of benzene rings is 1. The Balaban J connectivity index is 3.42. The Morgan fingerprint density at radius 1 is 1.38 bits per heavy atom. The third-order valence-corrected chi connectivity index (χ3v) is 2.26. The first-order valence-corrected chi connectivity index (χ1v) is 5.31. The average Bonchev–Trinajstić information content (AvgIpc) is 2.30. The van der Waals surface area contributed by atoms with Crippen molar-refractivity contribution in [2.75, 3.05) is 0 Å². The predicted molar refractivity (Wildman–Crippen MR) is 65.6 cm³/mol. The van der Waals surface area contributed by atoms with Crippen molar-refractivity contribution in [3.05, 3.63) is 35.4 Å². The Morgan fingerprint density at radius 2 is 2.00 bits per heavy atom. The van der Waals surface area contributed by atoms with Gasteiger partial charge in [0.15, 0.2) is 0 Å². The molecule has 1 aromatic rings. The number of hydrogen-bond acceptors (Lipinski definition) is 1. The van der Waals surface area contributed by atoms with E-state index in [-0.39, 0.29) is 0 Å². The fraction of sp³-hybridized carbons (Fsp3) is 0.500. The summed E-state index contributed by atoms with van der Waals surface area (Å²) < 4.78 is 32.1. The first-order valence-electron chi connectivity index (χ1n) is 7.31. The molecule has 1 atom stereocenters. The van der Waals surface area contributed by atoms with E-state index in [4.69, 9.17) is 5.48 Å². The van der Waals surface area contributed by atoms with Gasteiger partial charge in [0.25, 0.3) is 0 Å². The van der Waals surface area contributed by atoms with E-state index in [2.05, 4.69) is 0 Å². The van der Waals surface area contributed by atoms with Crippen molar-refractivity contribution in [1.82, 2.24) is 0 Å². The molecule has 0 fully saturated rings. The number of rotatable bonds is 5. The Hall–Kier alpha value is -1.31. The molecular formula is C14H20O2. The first-order chi connectivity index (χ1) is 9.03. The molecule has 88 valence electrons. The molecule has 16 heavy (non-hydrogen) atoms. The minimum atomic E-state index is -2.51. The van der Waals surface area contributed by atoms with Gasteiger partial charge in [0.05, 0.1) is 5.92 Å². The van der Waals surface area contributed by atoms with E-state index in [9.17, 15) is 9.90 Å². The second-order valence-corrected chi connectivity index (χ2v) is 4.07. The maximum absolute atomic E-state index is 11.6. The second-order valence-electron chi connectivity index (χ2n) is 4.07. The van der Waals surface area contributed by atoms with Crippen molar-refractivity contribution in [2.45, 2.75) is 39.4 Å². The van der Waals surface area contributed by atoms with Crippen LogP contribution in [0.4, 0.5) is 0 Å². The van der Waals surface area contributed by atoms with Gasteiger partial charge in [-0.15, -0.1) is 0 Å². The van der Waals surface area contributed by atoms with Gasteiger partial charge in [0.2, 0.25) is 0 Å². The van der Waals surface area contributed by atoms with E-state index in [0.29, 0.717) is 11.1 Å². The van der Waals surface area contributed by atoms with Crippen molar-refractivity contribution in [3.8, 4) is 0 Å². The first kappa shape index (κ1) is 7.88. The average molecular weight is 224 g/mol. The lowest BCUT2D eigenvalue weighted by Gasteiger charge is -2.16. The van der Waals surface area contributed by atoms with Crippen LogP contribution >= 0.6 is 0 Å². The van der Waals surface area contributed by atoms with E-state index in [1.54, 1.807) is 45.0 Å². The van der Waals surface area contributed by atoms with Crippen LogP contribution in [0.5, 0.6) is 0 Å². The summed E-state index contributed by atoms with van der Waals surface area (Å²) in [4.78, 5) is 11.6. The van der Waals surface area contributed by atoms with Crippen LogP contribution in [0.15, 0.2) is 24.3 Å². The summed E-state index contributed by atoms with van der Waals surface area (Å²) in [5, 5.41) is 9.43. The molecule has 0 aliphatic carbocycles. The Bertz CT molecular complexity index is 498. The molecule has 0 spiro atoms. The quantitative estimate of drug-likeness (QED) is 0.829. The largest absolute Gasteiger partial charge is 0.481 e. The van der Waals surface area contributed by atoms with Gasteiger partial charge >= 0.3 is 5.97 Å². The summed E-state index contributed by atoms with van der Waals surface area (Å²) in [6.07, 6.45) is -4.77. The van der Waals surface area contributed by atoms with Crippen molar-refractivity contribution in [3.63, 3.8) is 0 Å². The van der Waals surface area contributed by atoms with E-state index in [1.165, 1.54) is 0 Å². The van der Waals surface area contributed by atoms with E-state index in [1.807, 2.05) is 0 Å². The molecule has 2 nitrogen and oxygen atoms in total. The Labute approximate surface area is 103 Å². The monoisotopic (exact) mass is 224 g/mol. The summed E-state index contributed by atoms with van der Waals surface area (Å²) >= 11 is 0. The van der Waals surface area contributed by atoms with Crippen LogP contribution in [0.3, 0.4) is 0 Å². The summed E-state index contributed by atoms with van der Waals surface area (Å²) in [6.45, 7) is 4.80. The predicted octanol–water partition coefficient (Wildman–Crippen LogP) is 3.60. The topological polar surface area (TPSA) is 37.3 Å². The molecular weight excluding hydrogens is 200 g/mol. The van der Waals surface area contributed by atoms with Crippen LogP contribution in [0.25, 0.3) is 0 Å². The lowest BCUT2D eigenvalue weighted by atomic mass is 9.89. The molecule has 1 rings (SSSR count). The number of carboxylic acids is 1. The third kappa shape index (κ3) is 3.37. The molecule has 2 heteroatoms.